The van der Waals surface area contributed by atoms with Crippen LogP contribution in [0, 0.1) is 0 Å². The Labute approximate surface area is 161 Å². The maximum atomic E-state index is 12.8. The highest BCUT2D eigenvalue weighted by molar-refractivity contribution is 6.31. The Bertz CT molecular complexity index is 897. The van der Waals surface area contributed by atoms with Crippen molar-refractivity contribution in [3.05, 3.63) is 64.2 Å². The molecule has 2 amide bonds. The highest BCUT2D eigenvalue weighted by atomic mass is 35.5. The van der Waals surface area contributed by atoms with Gasteiger partial charge < -0.3 is 15.4 Å². The largest absolute Gasteiger partial charge is 0.469 e. The molecular formula is C20H19ClN2O4. The summed E-state index contributed by atoms with van der Waals surface area (Å²) in [5.74, 6) is -0.812. The number of aryl methyl sites for hydroxylation is 1. The molecule has 1 aliphatic rings. The quantitative estimate of drug-likeness (QED) is 0.772. The molecule has 2 N–H and O–H groups in total. The van der Waals surface area contributed by atoms with Gasteiger partial charge in [-0.3, -0.25) is 14.4 Å². The number of hydrogen-bond acceptors (Lipinski definition) is 4. The van der Waals surface area contributed by atoms with Crippen molar-refractivity contribution in [3.63, 3.8) is 0 Å². The predicted molar refractivity (Wildman–Crippen MR) is 102 cm³/mol. The number of hydrogen-bond donors (Lipinski definition) is 2. The summed E-state index contributed by atoms with van der Waals surface area (Å²) >= 11 is 6.24. The molecule has 1 atom stereocenters. The summed E-state index contributed by atoms with van der Waals surface area (Å²) in [6, 6.07) is 11.5. The lowest BCUT2D eigenvalue weighted by molar-refractivity contribution is -0.141. The average molecular weight is 387 g/mol. The van der Waals surface area contributed by atoms with E-state index in [4.69, 9.17) is 16.3 Å². The second-order valence-corrected chi connectivity index (χ2v) is 6.66. The number of carbonyl (C=O) groups is 3. The average Bonchev–Trinajstić information content (AvgIpc) is 2.67. The predicted octanol–water partition coefficient (Wildman–Crippen LogP) is 3.26. The molecule has 1 aliphatic heterocycles. The third-order valence-electron chi connectivity index (χ3n) is 4.45. The maximum absolute atomic E-state index is 12.8. The van der Waals surface area contributed by atoms with Crippen molar-refractivity contribution < 1.29 is 19.1 Å². The third kappa shape index (κ3) is 4.46. The van der Waals surface area contributed by atoms with Gasteiger partial charge in [0.05, 0.1) is 19.6 Å². The van der Waals surface area contributed by atoms with Crippen LogP contribution in [0.1, 0.15) is 40.4 Å². The van der Waals surface area contributed by atoms with Crippen molar-refractivity contribution in [2.24, 2.45) is 0 Å². The Kier molecular flexibility index (Phi) is 5.76. The molecule has 0 aromatic heterocycles. The van der Waals surface area contributed by atoms with Crippen LogP contribution in [-0.4, -0.2) is 24.9 Å². The van der Waals surface area contributed by atoms with Gasteiger partial charge in [-0.15, -0.1) is 0 Å². The molecule has 1 heterocycles. The van der Waals surface area contributed by atoms with Crippen LogP contribution in [-0.2, 0) is 20.7 Å². The first-order valence-electron chi connectivity index (χ1n) is 8.53. The first-order valence-corrected chi connectivity index (χ1v) is 8.90. The number of ether oxygens (including phenoxy) is 1. The number of halogens is 1. The zero-order valence-electron chi connectivity index (χ0n) is 14.8. The van der Waals surface area contributed by atoms with Crippen molar-refractivity contribution in [1.29, 1.82) is 0 Å². The van der Waals surface area contributed by atoms with E-state index in [9.17, 15) is 14.4 Å². The van der Waals surface area contributed by atoms with Gasteiger partial charge in [0.15, 0.2) is 0 Å². The molecule has 0 aliphatic carbocycles. The van der Waals surface area contributed by atoms with E-state index in [0.717, 1.165) is 11.3 Å². The number of amides is 2. The van der Waals surface area contributed by atoms with E-state index in [1.165, 1.54) is 7.11 Å². The fourth-order valence-electron chi connectivity index (χ4n) is 3.01. The van der Waals surface area contributed by atoms with Crippen LogP contribution < -0.4 is 10.6 Å². The highest BCUT2D eigenvalue weighted by Crippen LogP contribution is 2.27. The van der Waals surface area contributed by atoms with E-state index in [1.54, 1.807) is 42.5 Å². The van der Waals surface area contributed by atoms with Crippen LogP contribution in [0.25, 0.3) is 0 Å². The van der Waals surface area contributed by atoms with E-state index >= 15 is 0 Å². The molecule has 7 heteroatoms. The summed E-state index contributed by atoms with van der Waals surface area (Å²) < 4.78 is 4.74. The monoisotopic (exact) mass is 386 g/mol. The standard InChI is InChI=1S/C20H19ClN2O4/c1-27-19(25)11-17(14-4-2-3-5-15(14)21)23-20(26)13-6-8-16-12(10-13)7-9-18(24)22-16/h2-6,8,10,17H,7,9,11H2,1H3,(H,22,24)(H,23,26). The van der Waals surface area contributed by atoms with Gasteiger partial charge >= 0.3 is 5.97 Å². The molecular weight excluding hydrogens is 368 g/mol. The molecule has 0 saturated carbocycles. The summed E-state index contributed by atoms with van der Waals surface area (Å²) in [6.45, 7) is 0. The van der Waals surface area contributed by atoms with Gasteiger partial charge in [0.2, 0.25) is 5.91 Å². The molecule has 0 radical (unpaired) electrons. The van der Waals surface area contributed by atoms with Gasteiger partial charge in [0, 0.05) is 22.7 Å². The van der Waals surface area contributed by atoms with E-state index < -0.39 is 12.0 Å². The molecule has 0 bridgehead atoms. The van der Waals surface area contributed by atoms with Crippen molar-refractivity contribution in [2.45, 2.75) is 25.3 Å². The van der Waals surface area contributed by atoms with Crippen LogP contribution in [0.4, 0.5) is 5.69 Å². The van der Waals surface area contributed by atoms with Crippen molar-refractivity contribution in [1.82, 2.24) is 5.32 Å². The number of esters is 1. The minimum atomic E-state index is -0.616. The summed E-state index contributed by atoms with van der Waals surface area (Å²) in [6.07, 6.45) is 0.939. The molecule has 27 heavy (non-hydrogen) atoms. The maximum Gasteiger partial charge on any atom is 0.307 e. The first kappa shape index (κ1) is 18.9. The molecule has 1 unspecified atom stereocenters. The molecule has 140 valence electrons. The summed E-state index contributed by atoms with van der Waals surface area (Å²) in [5, 5.41) is 6.10. The zero-order valence-corrected chi connectivity index (χ0v) is 15.5. The summed E-state index contributed by atoms with van der Waals surface area (Å²) in [4.78, 5) is 36.0. The fraction of sp³-hybridized carbons (Fsp3) is 0.250. The number of rotatable bonds is 5. The van der Waals surface area contributed by atoms with Gasteiger partial charge in [0.25, 0.3) is 5.91 Å². The normalized spacial score (nSPS) is 13.9. The van der Waals surface area contributed by atoms with Gasteiger partial charge in [-0.1, -0.05) is 29.8 Å². The van der Waals surface area contributed by atoms with Crippen molar-refractivity contribution in [2.75, 3.05) is 12.4 Å². The SMILES string of the molecule is COC(=O)CC(NC(=O)c1ccc2c(c1)CCC(=O)N2)c1ccccc1Cl. The van der Waals surface area contributed by atoms with E-state index in [-0.39, 0.29) is 18.2 Å². The lowest BCUT2D eigenvalue weighted by Crippen LogP contribution is -2.31. The van der Waals surface area contributed by atoms with Gasteiger partial charge in [-0.2, -0.15) is 0 Å². The van der Waals surface area contributed by atoms with Crippen LogP contribution in [0.3, 0.4) is 0 Å². The van der Waals surface area contributed by atoms with Crippen LogP contribution in [0.2, 0.25) is 5.02 Å². The van der Waals surface area contributed by atoms with Gasteiger partial charge in [-0.05, 0) is 41.8 Å². The molecule has 2 aromatic rings. The molecule has 0 spiro atoms. The Morgan fingerprint density at radius 2 is 2.00 bits per heavy atom. The molecule has 0 saturated heterocycles. The van der Waals surface area contributed by atoms with Crippen LogP contribution >= 0.6 is 11.6 Å². The first-order chi connectivity index (χ1) is 13.0. The topological polar surface area (TPSA) is 84.5 Å². The van der Waals surface area contributed by atoms with E-state index in [1.807, 2.05) is 0 Å². The fourth-order valence-corrected chi connectivity index (χ4v) is 3.28. The van der Waals surface area contributed by atoms with Crippen LogP contribution in [0.5, 0.6) is 0 Å². The molecule has 0 fully saturated rings. The van der Waals surface area contributed by atoms with Gasteiger partial charge in [0.1, 0.15) is 0 Å². The van der Waals surface area contributed by atoms with Gasteiger partial charge in [-0.25, -0.2) is 0 Å². The molecule has 2 aromatic carbocycles. The minimum absolute atomic E-state index is 0.0310. The summed E-state index contributed by atoms with van der Waals surface area (Å²) in [7, 11) is 1.30. The smallest absolute Gasteiger partial charge is 0.307 e. The third-order valence-corrected chi connectivity index (χ3v) is 4.79. The number of methoxy groups -OCH3 is 1. The number of anilines is 1. The zero-order chi connectivity index (χ0) is 19.4. The summed E-state index contributed by atoms with van der Waals surface area (Å²) in [5.41, 5.74) is 2.72. The van der Waals surface area contributed by atoms with E-state index in [2.05, 4.69) is 10.6 Å². The number of carbonyl (C=O) groups excluding carboxylic acids is 3. The Hall–Kier alpha value is -2.86. The minimum Gasteiger partial charge on any atom is -0.469 e. The molecule has 6 nitrogen and oxygen atoms in total. The Morgan fingerprint density at radius 3 is 2.74 bits per heavy atom. The lowest BCUT2D eigenvalue weighted by Gasteiger charge is -2.21. The lowest BCUT2D eigenvalue weighted by atomic mass is 9.99. The van der Waals surface area contributed by atoms with Crippen molar-refractivity contribution >= 4 is 35.1 Å². The Balaban J connectivity index is 1.83. The van der Waals surface area contributed by atoms with E-state index in [0.29, 0.717) is 29.0 Å². The second-order valence-electron chi connectivity index (χ2n) is 6.25. The highest BCUT2D eigenvalue weighted by Gasteiger charge is 2.23. The Morgan fingerprint density at radius 1 is 1.22 bits per heavy atom. The van der Waals surface area contributed by atoms with Crippen molar-refractivity contribution in [3.8, 4) is 0 Å². The second kappa shape index (κ2) is 8.22. The number of benzene rings is 2. The number of nitrogens with one attached hydrogen (secondary N) is 2. The molecule has 3 rings (SSSR count). The number of fused-ring (bicyclic) bond motifs is 1. The van der Waals surface area contributed by atoms with Crippen LogP contribution in [0.15, 0.2) is 42.5 Å².